The topological polar surface area (TPSA) is 110 Å². The summed E-state index contributed by atoms with van der Waals surface area (Å²) in [6.45, 7) is 8.19. The number of amides is 4. The quantitative estimate of drug-likeness (QED) is 0.397. The number of allylic oxidation sites excluding steroid dienone is 2. The Bertz CT molecular complexity index is 1190. The van der Waals surface area contributed by atoms with E-state index in [9.17, 15) is 24.0 Å². The Balaban J connectivity index is 1.98. The third kappa shape index (κ3) is 5.06. The second-order valence-corrected chi connectivity index (χ2v) is 8.79. The molecule has 0 bridgehead atoms. The normalized spacial score (nSPS) is 14.9. The Morgan fingerprint density at radius 1 is 0.676 bits per heavy atom. The van der Waals surface area contributed by atoms with Gasteiger partial charge in [-0.3, -0.25) is 19.4 Å². The SMILES string of the molecule is C=C(CC1(CC(=C)c2ccc(C(=O)OC)cc2)C(=O)N(C)C(=O)N(C)C1=O)c1ccc(C(=O)OC)cc1. The van der Waals surface area contributed by atoms with Crippen LogP contribution < -0.4 is 0 Å². The van der Waals surface area contributed by atoms with E-state index in [1.165, 1.54) is 28.3 Å². The van der Waals surface area contributed by atoms with Crippen LogP contribution in [0.25, 0.3) is 11.1 Å². The minimum Gasteiger partial charge on any atom is -0.465 e. The van der Waals surface area contributed by atoms with Crippen LogP contribution in [0, 0.1) is 5.41 Å². The van der Waals surface area contributed by atoms with E-state index >= 15 is 0 Å². The molecule has 0 aliphatic carbocycles. The standard InChI is InChI=1S/C28H28N2O7/c1-17(19-7-11-21(12-8-19)23(31)36-5)15-28(25(33)29(3)27(35)30(4)26(28)34)16-18(2)20-9-13-22(14-10-20)24(32)37-6/h7-14H,1-2,15-16H2,3-6H3. The molecule has 0 N–H and O–H groups in total. The molecule has 0 unspecified atom stereocenters. The minimum absolute atomic E-state index is 0.0938. The molecule has 1 aliphatic rings. The molecule has 1 aliphatic heterocycles. The van der Waals surface area contributed by atoms with Crippen LogP contribution in [-0.4, -0.2) is 67.9 Å². The number of hydrogen-bond acceptors (Lipinski definition) is 7. The van der Waals surface area contributed by atoms with Crippen molar-refractivity contribution in [3.8, 4) is 0 Å². The fourth-order valence-electron chi connectivity index (χ4n) is 4.35. The smallest absolute Gasteiger partial charge is 0.337 e. The first-order valence-corrected chi connectivity index (χ1v) is 11.3. The molecule has 3 rings (SSSR count). The van der Waals surface area contributed by atoms with Crippen LogP contribution in [0.2, 0.25) is 0 Å². The Morgan fingerprint density at radius 3 is 1.27 bits per heavy atom. The van der Waals surface area contributed by atoms with Crippen molar-refractivity contribution < 1.29 is 33.4 Å². The van der Waals surface area contributed by atoms with Crippen molar-refractivity contribution in [2.24, 2.45) is 5.41 Å². The van der Waals surface area contributed by atoms with Gasteiger partial charge in [0.2, 0.25) is 11.8 Å². The number of benzene rings is 2. The maximum absolute atomic E-state index is 13.6. The summed E-state index contributed by atoms with van der Waals surface area (Å²) < 4.78 is 9.44. The zero-order valence-corrected chi connectivity index (χ0v) is 21.2. The van der Waals surface area contributed by atoms with Crippen molar-refractivity contribution in [2.45, 2.75) is 12.8 Å². The number of hydrogen-bond donors (Lipinski definition) is 0. The van der Waals surface area contributed by atoms with E-state index in [0.717, 1.165) is 9.80 Å². The second kappa shape index (κ2) is 10.6. The highest BCUT2D eigenvalue weighted by atomic mass is 16.5. The number of nitrogens with zero attached hydrogens (tertiary/aromatic N) is 2. The fourth-order valence-corrected chi connectivity index (χ4v) is 4.35. The zero-order chi connectivity index (χ0) is 27.5. The monoisotopic (exact) mass is 504 g/mol. The molecule has 192 valence electrons. The van der Waals surface area contributed by atoms with Gasteiger partial charge in [0.25, 0.3) is 0 Å². The van der Waals surface area contributed by atoms with Gasteiger partial charge in [-0.25, -0.2) is 14.4 Å². The van der Waals surface area contributed by atoms with E-state index in [0.29, 0.717) is 33.4 Å². The van der Waals surface area contributed by atoms with Crippen LogP contribution in [0.15, 0.2) is 61.7 Å². The number of carbonyl (C=O) groups is 5. The van der Waals surface area contributed by atoms with Crippen molar-refractivity contribution in [3.05, 3.63) is 83.9 Å². The van der Waals surface area contributed by atoms with Gasteiger partial charge in [-0.15, -0.1) is 0 Å². The highest BCUT2D eigenvalue weighted by Crippen LogP contribution is 2.43. The number of methoxy groups -OCH3 is 2. The molecule has 9 heteroatoms. The van der Waals surface area contributed by atoms with Crippen LogP contribution in [0.1, 0.15) is 44.7 Å². The number of esters is 2. The molecule has 1 saturated heterocycles. The molecule has 2 aromatic carbocycles. The van der Waals surface area contributed by atoms with Gasteiger partial charge in [-0.2, -0.15) is 0 Å². The first-order valence-electron chi connectivity index (χ1n) is 11.3. The van der Waals surface area contributed by atoms with Gasteiger partial charge in [0.15, 0.2) is 0 Å². The average molecular weight is 505 g/mol. The van der Waals surface area contributed by atoms with Gasteiger partial charge in [0.05, 0.1) is 25.3 Å². The second-order valence-electron chi connectivity index (χ2n) is 8.79. The predicted octanol–water partition coefficient (Wildman–Crippen LogP) is 3.80. The lowest BCUT2D eigenvalue weighted by molar-refractivity contribution is -0.156. The van der Waals surface area contributed by atoms with Crippen molar-refractivity contribution in [1.29, 1.82) is 0 Å². The van der Waals surface area contributed by atoms with Crippen LogP contribution in [-0.2, 0) is 19.1 Å². The first kappa shape index (κ1) is 27.1. The molecule has 0 atom stereocenters. The molecule has 1 fully saturated rings. The minimum atomic E-state index is -1.69. The number of rotatable bonds is 8. The molecule has 0 spiro atoms. The molecular formula is C28H28N2O7. The van der Waals surface area contributed by atoms with Crippen LogP contribution >= 0.6 is 0 Å². The lowest BCUT2D eigenvalue weighted by atomic mass is 9.71. The van der Waals surface area contributed by atoms with Gasteiger partial charge in [-0.1, -0.05) is 37.4 Å². The summed E-state index contributed by atoms with van der Waals surface area (Å²) in [5, 5.41) is 0. The Hall–Kier alpha value is -4.53. The third-order valence-electron chi connectivity index (χ3n) is 6.46. The maximum atomic E-state index is 13.6. The van der Waals surface area contributed by atoms with Gasteiger partial charge in [0.1, 0.15) is 5.41 Å². The Kier molecular flexibility index (Phi) is 7.76. The van der Waals surface area contributed by atoms with Gasteiger partial charge < -0.3 is 9.47 Å². The number of urea groups is 1. The lowest BCUT2D eigenvalue weighted by Gasteiger charge is -2.42. The number of ether oxygens (including phenoxy) is 2. The summed E-state index contributed by atoms with van der Waals surface area (Å²) in [7, 11) is 5.21. The maximum Gasteiger partial charge on any atom is 0.337 e. The largest absolute Gasteiger partial charge is 0.465 e. The highest BCUT2D eigenvalue weighted by molar-refractivity contribution is 6.20. The molecule has 1 heterocycles. The molecule has 9 nitrogen and oxygen atoms in total. The third-order valence-corrected chi connectivity index (χ3v) is 6.46. The summed E-state index contributed by atoms with van der Waals surface area (Å²) in [4.78, 5) is 65.0. The number of carbonyl (C=O) groups excluding carboxylic acids is 5. The average Bonchev–Trinajstić information content (AvgIpc) is 2.93. The van der Waals surface area contributed by atoms with Crippen LogP contribution in [0.3, 0.4) is 0 Å². The van der Waals surface area contributed by atoms with Crippen molar-refractivity contribution >= 4 is 40.9 Å². The van der Waals surface area contributed by atoms with Gasteiger partial charge in [0, 0.05) is 14.1 Å². The van der Waals surface area contributed by atoms with Crippen LogP contribution in [0.4, 0.5) is 4.79 Å². The lowest BCUT2D eigenvalue weighted by Crippen LogP contribution is -2.63. The van der Waals surface area contributed by atoms with Gasteiger partial charge >= 0.3 is 18.0 Å². The molecule has 0 radical (unpaired) electrons. The molecule has 37 heavy (non-hydrogen) atoms. The van der Waals surface area contributed by atoms with E-state index in [-0.39, 0.29) is 12.8 Å². The van der Waals surface area contributed by atoms with Gasteiger partial charge in [-0.05, 0) is 59.4 Å². The van der Waals surface area contributed by atoms with Crippen molar-refractivity contribution in [2.75, 3.05) is 28.3 Å². The van der Waals surface area contributed by atoms with Crippen molar-refractivity contribution in [3.63, 3.8) is 0 Å². The van der Waals surface area contributed by atoms with Crippen molar-refractivity contribution in [1.82, 2.24) is 9.80 Å². The fraction of sp³-hybridized carbons (Fsp3) is 0.250. The zero-order valence-electron chi connectivity index (χ0n) is 21.2. The Labute approximate surface area is 214 Å². The van der Waals surface area contributed by atoms with E-state index in [1.807, 2.05) is 0 Å². The number of barbiturate groups is 1. The number of imide groups is 2. The van der Waals surface area contributed by atoms with E-state index in [4.69, 9.17) is 9.47 Å². The van der Waals surface area contributed by atoms with E-state index in [1.54, 1.807) is 48.5 Å². The highest BCUT2D eigenvalue weighted by Gasteiger charge is 2.55. The molecule has 4 amide bonds. The molecule has 2 aromatic rings. The van der Waals surface area contributed by atoms with E-state index in [2.05, 4.69) is 13.2 Å². The first-order chi connectivity index (χ1) is 17.5. The summed E-state index contributed by atoms with van der Waals surface area (Å²) in [6.07, 6.45) is -0.188. The Morgan fingerprint density at radius 2 is 0.973 bits per heavy atom. The molecular weight excluding hydrogens is 476 g/mol. The predicted molar refractivity (Wildman–Crippen MR) is 136 cm³/mol. The summed E-state index contributed by atoms with van der Waals surface area (Å²) in [5.41, 5.74) is 1.14. The molecule has 0 saturated carbocycles. The summed E-state index contributed by atoms with van der Waals surface area (Å²) in [6, 6.07) is 12.1. The summed E-state index contributed by atoms with van der Waals surface area (Å²) >= 11 is 0. The van der Waals surface area contributed by atoms with Crippen LogP contribution in [0.5, 0.6) is 0 Å². The summed E-state index contributed by atoms with van der Waals surface area (Å²) in [5.74, 6) is -2.33. The van der Waals surface area contributed by atoms with E-state index < -0.39 is 35.2 Å². The molecule has 0 aromatic heterocycles.